The molecule has 2 aromatic heterocycles. The molecule has 7 nitrogen and oxygen atoms in total. The number of thiazole rings is 1. The summed E-state index contributed by atoms with van der Waals surface area (Å²) in [4.78, 5) is 19.7. The third kappa shape index (κ3) is 4.33. The van der Waals surface area contributed by atoms with Crippen molar-refractivity contribution in [1.29, 1.82) is 0 Å². The molecule has 5 rings (SSSR count). The first kappa shape index (κ1) is 22.6. The highest BCUT2D eigenvalue weighted by molar-refractivity contribution is 7.22. The fourth-order valence-electron chi connectivity index (χ4n) is 4.08. The van der Waals surface area contributed by atoms with Crippen molar-refractivity contribution in [2.75, 3.05) is 25.1 Å². The van der Waals surface area contributed by atoms with E-state index in [1.54, 1.807) is 18.4 Å². The van der Waals surface area contributed by atoms with Crippen LogP contribution in [0.25, 0.3) is 16.0 Å². The SMILES string of the molecule is COc1ccc(-n2nc(C)c3sc(N4CCC(NC(=O)c5ccc(F)c(Cl)c5)CC4)nc32)cc1. The van der Waals surface area contributed by atoms with Crippen molar-refractivity contribution in [3.63, 3.8) is 0 Å². The Balaban J connectivity index is 1.27. The van der Waals surface area contributed by atoms with Gasteiger partial charge in [0.15, 0.2) is 10.8 Å². The largest absolute Gasteiger partial charge is 0.497 e. The number of aryl methyl sites for hydroxylation is 1. The first-order valence-electron chi connectivity index (χ1n) is 10.9. The average Bonchev–Trinajstić information content (AvgIpc) is 3.42. The number of amides is 1. The van der Waals surface area contributed by atoms with E-state index >= 15 is 0 Å². The number of methoxy groups -OCH3 is 1. The predicted octanol–water partition coefficient (Wildman–Crippen LogP) is 4.99. The van der Waals surface area contributed by atoms with E-state index in [9.17, 15) is 9.18 Å². The van der Waals surface area contributed by atoms with Gasteiger partial charge in [-0.05, 0) is 62.2 Å². The minimum Gasteiger partial charge on any atom is -0.497 e. The molecule has 1 N–H and O–H groups in total. The summed E-state index contributed by atoms with van der Waals surface area (Å²) in [6.07, 6.45) is 1.58. The van der Waals surface area contributed by atoms with Gasteiger partial charge in [0.05, 0.1) is 28.2 Å². The lowest BCUT2D eigenvalue weighted by atomic mass is 10.0. The number of carbonyl (C=O) groups excluding carboxylic acids is 1. The summed E-state index contributed by atoms with van der Waals surface area (Å²) >= 11 is 7.45. The van der Waals surface area contributed by atoms with E-state index < -0.39 is 5.82 Å². The second-order valence-corrected chi connectivity index (χ2v) is 9.59. The van der Waals surface area contributed by atoms with Crippen molar-refractivity contribution >= 4 is 44.3 Å². The summed E-state index contributed by atoms with van der Waals surface area (Å²) in [6, 6.07) is 11.8. The van der Waals surface area contributed by atoms with Gasteiger partial charge in [0.25, 0.3) is 5.91 Å². The van der Waals surface area contributed by atoms with Gasteiger partial charge in [-0.3, -0.25) is 4.79 Å². The Morgan fingerprint density at radius 2 is 1.94 bits per heavy atom. The number of hydrogen-bond donors (Lipinski definition) is 1. The van der Waals surface area contributed by atoms with Gasteiger partial charge in [0, 0.05) is 24.7 Å². The third-order valence-electron chi connectivity index (χ3n) is 5.98. The van der Waals surface area contributed by atoms with Crippen LogP contribution >= 0.6 is 22.9 Å². The maximum absolute atomic E-state index is 13.4. The van der Waals surface area contributed by atoms with Crippen LogP contribution in [-0.2, 0) is 0 Å². The molecule has 10 heteroatoms. The molecule has 0 radical (unpaired) electrons. The quantitative estimate of drug-likeness (QED) is 0.419. The summed E-state index contributed by atoms with van der Waals surface area (Å²) in [6.45, 7) is 3.55. The molecule has 0 aliphatic carbocycles. The molecule has 0 atom stereocenters. The Labute approximate surface area is 205 Å². The Morgan fingerprint density at radius 3 is 2.62 bits per heavy atom. The lowest BCUT2D eigenvalue weighted by Crippen LogP contribution is -2.44. The number of nitrogens with one attached hydrogen (secondary N) is 1. The molecule has 34 heavy (non-hydrogen) atoms. The van der Waals surface area contributed by atoms with E-state index in [1.807, 2.05) is 35.9 Å². The molecule has 4 aromatic rings. The minimum absolute atomic E-state index is 0.0403. The van der Waals surface area contributed by atoms with Gasteiger partial charge in [-0.1, -0.05) is 22.9 Å². The van der Waals surface area contributed by atoms with Crippen molar-refractivity contribution < 1.29 is 13.9 Å². The Hall–Kier alpha value is -3.17. The molecule has 0 unspecified atom stereocenters. The van der Waals surface area contributed by atoms with Crippen LogP contribution in [0.4, 0.5) is 9.52 Å². The molecule has 1 fully saturated rings. The summed E-state index contributed by atoms with van der Waals surface area (Å²) in [5.74, 6) is 0.0172. The fraction of sp³-hybridized carbons (Fsp3) is 0.292. The summed E-state index contributed by atoms with van der Waals surface area (Å²) in [5.41, 5.74) is 3.07. The molecule has 176 valence electrons. The molecule has 2 aromatic carbocycles. The number of anilines is 1. The molecular formula is C24H23ClFN5O2S. The third-order valence-corrected chi connectivity index (χ3v) is 7.48. The highest BCUT2D eigenvalue weighted by Crippen LogP contribution is 2.34. The molecule has 1 saturated heterocycles. The second kappa shape index (κ2) is 9.23. The molecule has 0 spiro atoms. The van der Waals surface area contributed by atoms with Gasteiger partial charge >= 0.3 is 0 Å². The lowest BCUT2D eigenvalue weighted by Gasteiger charge is -2.32. The summed E-state index contributed by atoms with van der Waals surface area (Å²) in [5, 5.41) is 8.61. The predicted molar refractivity (Wildman–Crippen MR) is 132 cm³/mol. The van der Waals surface area contributed by atoms with Gasteiger partial charge in [-0.25, -0.2) is 9.07 Å². The smallest absolute Gasteiger partial charge is 0.251 e. The number of benzene rings is 2. The van der Waals surface area contributed by atoms with Crippen LogP contribution in [0.2, 0.25) is 5.02 Å². The molecule has 3 heterocycles. The Bertz CT molecular complexity index is 1350. The van der Waals surface area contributed by atoms with E-state index in [0.29, 0.717) is 5.56 Å². The normalized spacial score (nSPS) is 14.5. The van der Waals surface area contributed by atoms with Gasteiger partial charge in [-0.15, -0.1) is 0 Å². The zero-order chi connectivity index (χ0) is 23.8. The average molecular weight is 500 g/mol. The van der Waals surface area contributed by atoms with Gasteiger partial charge in [-0.2, -0.15) is 10.1 Å². The minimum atomic E-state index is -0.535. The highest BCUT2D eigenvalue weighted by Gasteiger charge is 2.25. The Morgan fingerprint density at radius 1 is 1.21 bits per heavy atom. The first-order chi connectivity index (χ1) is 16.4. The monoisotopic (exact) mass is 499 g/mol. The molecular weight excluding hydrogens is 477 g/mol. The maximum Gasteiger partial charge on any atom is 0.251 e. The summed E-state index contributed by atoms with van der Waals surface area (Å²) < 4.78 is 21.6. The maximum atomic E-state index is 13.4. The highest BCUT2D eigenvalue weighted by atomic mass is 35.5. The van der Waals surface area contributed by atoms with E-state index in [0.717, 1.165) is 58.5 Å². The zero-order valence-electron chi connectivity index (χ0n) is 18.7. The number of carbonyl (C=O) groups is 1. The van der Waals surface area contributed by atoms with Crippen molar-refractivity contribution in [2.24, 2.45) is 0 Å². The second-order valence-electron chi connectivity index (χ2n) is 8.21. The summed E-state index contributed by atoms with van der Waals surface area (Å²) in [7, 11) is 1.64. The molecule has 0 bridgehead atoms. The number of fused-ring (bicyclic) bond motifs is 1. The number of piperidine rings is 1. The van der Waals surface area contributed by atoms with Crippen LogP contribution in [0.3, 0.4) is 0 Å². The van der Waals surface area contributed by atoms with Crippen molar-refractivity contribution in [2.45, 2.75) is 25.8 Å². The first-order valence-corrected chi connectivity index (χ1v) is 12.1. The number of halogens is 2. The fourth-order valence-corrected chi connectivity index (χ4v) is 5.30. The topological polar surface area (TPSA) is 72.3 Å². The van der Waals surface area contributed by atoms with Crippen molar-refractivity contribution in [3.8, 4) is 11.4 Å². The van der Waals surface area contributed by atoms with Crippen LogP contribution in [0.1, 0.15) is 28.9 Å². The van der Waals surface area contributed by atoms with Gasteiger partial charge < -0.3 is 15.0 Å². The van der Waals surface area contributed by atoms with E-state index in [4.69, 9.17) is 21.3 Å². The van der Waals surface area contributed by atoms with E-state index in [2.05, 4.69) is 15.3 Å². The van der Waals surface area contributed by atoms with Crippen LogP contribution < -0.4 is 15.0 Å². The number of nitrogens with zero attached hydrogens (tertiary/aromatic N) is 4. The van der Waals surface area contributed by atoms with Gasteiger partial charge in [0.1, 0.15) is 11.6 Å². The van der Waals surface area contributed by atoms with Crippen LogP contribution in [0, 0.1) is 12.7 Å². The van der Waals surface area contributed by atoms with Crippen LogP contribution in [0.15, 0.2) is 42.5 Å². The van der Waals surface area contributed by atoms with Crippen LogP contribution in [0.5, 0.6) is 5.75 Å². The number of rotatable bonds is 5. The van der Waals surface area contributed by atoms with Gasteiger partial charge in [0.2, 0.25) is 0 Å². The van der Waals surface area contributed by atoms with Crippen LogP contribution in [-0.4, -0.2) is 46.9 Å². The molecule has 1 aliphatic heterocycles. The van der Waals surface area contributed by atoms with E-state index in [1.165, 1.54) is 18.2 Å². The molecule has 1 amide bonds. The Kier molecular flexibility index (Phi) is 6.14. The zero-order valence-corrected chi connectivity index (χ0v) is 20.3. The number of ether oxygens (including phenoxy) is 1. The molecule has 0 saturated carbocycles. The molecule has 1 aliphatic rings. The number of hydrogen-bond acceptors (Lipinski definition) is 6. The van der Waals surface area contributed by atoms with Crippen molar-refractivity contribution in [1.82, 2.24) is 20.1 Å². The number of aromatic nitrogens is 3. The standard InChI is InChI=1S/C24H23ClFN5O2S/c1-14-21-22(31(29-14)17-4-6-18(33-2)7-5-17)28-24(34-21)30-11-9-16(10-12-30)27-23(32)15-3-8-20(26)19(25)13-15/h3-8,13,16H,9-12H2,1-2H3,(H,27,32). The van der Waals surface area contributed by atoms with Crippen molar-refractivity contribution in [3.05, 3.63) is 64.6 Å². The van der Waals surface area contributed by atoms with E-state index in [-0.39, 0.29) is 17.0 Å². The lowest BCUT2D eigenvalue weighted by molar-refractivity contribution is 0.0931.